The maximum absolute atomic E-state index is 14.1. The molecule has 11 heteroatoms. The molecule has 218 valence electrons. The Labute approximate surface area is 246 Å². The number of sulfonamides is 1. The van der Waals surface area contributed by atoms with Crippen molar-refractivity contribution in [2.45, 2.75) is 38.8 Å². The number of fused-ring (bicyclic) bond motifs is 1. The number of hydrogen-bond acceptors (Lipinski definition) is 6. The van der Waals surface area contributed by atoms with Crippen LogP contribution in [0.1, 0.15) is 30.9 Å². The van der Waals surface area contributed by atoms with Gasteiger partial charge in [0.25, 0.3) is 0 Å². The summed E-state index contributed by atoms with van der Waals surface area (Å²) < 4.78 is 37.7. The number of hydrogen-bond donors (Lipinski definition) is 1. The fraction of sp³-hybridized carbons (Fsp3) is 0.333. The van der Waals surface area contributed by atoms with Gasteiger partial charge in [-0.15, -0.1) is 0 Å². The highest BCUT2D eigenvalue weighted by Gasteiger charge is 2.33. The molecular formula is C30H34ClN3O6S. The molecule has 1 atom stereocenters. The maximum Gasteiger partial charge on any atom is 0.244 e. The number of benzene rings is 3. The first-order chi connectivity index (χ1) is 19.7. The molecule has 3 aromatic carbocycles. The molecule has 0 bridgehead atoms. The Kier molecular flexibility index (Phi) is 10.1. The van der Waals surface area contributed by atoms with E-state index < -0.39 is 28.5 Å². The molecule has 0 radical (unpaired) electrons. The summed E-state index contributed by atoms with van der Waals surface area (Å²) in [6, 6.07) is 20.2. The van der Waals surface area contributed by atoms with Crippen molar-refractivity contribution in [1.82, 2.24) is 10.2 Å². The smallest absolute Gasteiger partial charge is 0.244 e. The van der Waals surface area contributed by atoms with Gasteiger partial charge in [0.15, 0.2) is 11.5 Å². The first-order valence-electron chi connectivity index (χ1n) is 13.4. The van der Waals surface area contributed by atoms with Crippen molar-refractivity contribution in [2.24, 2.45) is 0 Å². The predicted molar refractivity (Wildman–Crippen MR) is 159 cm³/mol. The van der Waals surface area contributed by atoms with Gasteiger partial charge in [-0.25, -0.2) is 8.42 Å². The topological polar surface area (TPSA) is 105 Å². The molecule has 3 aromatic rings. The molecule has 0 fully saturated rings. The average Bonchev–Trinajstić information content (AvgIpc) is 3.42. The van der Waals surface area contributed by atoms with Crippen LogP contribution in [-0.4, -0.2) is 57.3 Å². The van der Waals surface area contributed by atoms with Crippen LogP contribution >= 0.6 is 11.6 Å². The summed E-state index contributed by atoms with van der Waals surface area (Å²) in [6.45, 7) is 2.09. The Balaban J connectivity index is 1.70. The van der Waals surface area contributed by atoms with E-state index in [1.165, 1.54) is 11.0 Å². The van der Waals surface area contributed by atoms with Crippen LogP contribution in [0.4, 0.5) is 5.69 Å². The van der Waals surface area contributed by atoms with Gasteiger partial charge in [0, 0.05) is 30.6 Å². The number of halogens is 1. The van der Waals surface area contributed by atoms with Crippen LogP contribution in [0.25, 0.3) is 0 Å². The highest BCUT2D eigenvalue weighted by atomic mass is 35.5. The van der Waals surface area contributed by atoms with Crippen LogP contribution in [0.15, 0.2) is 72.8 Å². The van der Waals surface area contributed by atoms with E-state index in [-0.39, 0.29) is 31.4 Å². The molecular weight excluding hydrogens is 566 g/mol. The SMILES string of the molecule is CCCCNC(=O)C(Cc1ccccc1)N(Cc1ccc(Cl)cc1)C(=O)CN(c1ccc2c(c1)OCO2)S(C)(=O)=O. The molecule has 0 spiro atoms. The standard InChI is InChI=1S/C30H34ClN3O6S/c1-3-4-16-32-30(36)26(17-22-8-6-5-7-9-22)33(19-23-10-12-24(31)13-11-23)29(35)20-34(41(2,37)38)25-14-15-27-28(18-25)40-21-39-27/h5-15,18,26H,3-4,16-17,19-21H2,1-2H3,(H,32,36). The van der Waals surface area contributed by atoms with Crippen molar-refractivity contribution in [2.75, 3.05) is 30.4 Å². The molecule has 2 amide bonds. The highest BCUT2D eigenvalue weighted by molar-refractivity contribution is 7.92. The van der Waals surface area contributed by atoms with E-state index in [4.69, 9.17) is 21.1 Å². The van der Waals surface area contributed by atoms with E-state index in [1.807, 2.05) is 37.3 Å². The lowest BCUT2D eigenvalue weighted by molar-refractivity contribution is -0.140. The number of rotatable bonds is 13. The summed E-state index contributed by atoms with van der Waals surface area (Å²) in [5.41, 5.74) is 1.87. The fourth-order valence-electron chi connectivity index (χ4n) is 4.50. The molecule has 1 unspecified atom stereocenters. The average molecular weight is 600 g/mol. The fourth-order valence-corrected chi connectivity index (χ4v) is 5.47. The van der Waals surface area contributed by atoms with E-state index in [1.54, 1.807) is 36.4 Å². The second kappa shape index (κ2) is 13.7. The van der Waals surface area contributed by atoms with Crippen molar-refractivity contribution in [1.29, 1.82) is 0 Å². The second-order valence-corrected chi connectivity index (χ2v) is 12.1. The zero-order valence-electron chi connectivity index (χ0n) is 23.1. The molecule has 1 heterocycles. The van der Waals surface area contributed by atoms with Gasteiger partial charge in [-0.3, -0.25) is 13.9 Å². The summed E-state index contributed by atoms with van der Waals surface area (Å²) >= 11 is 6.09. The number of carbonyl (C=O) groups excluding carboxylic acids is 2. The number of unbranched alkanes of at least 4 members (excludes halogenated alkanes) is 1. The predicted octanol–water partition coefficient (Wildman–Crippen LogP) is 4.39. The molecule has 4 rings (SSSR count). The minimum Gasteiger partial charge on any atom is -0.454 e. The van der Waals surface area contributed by atoms with Gasteiger partial charge in [-0.2, -0.15) is 0 Å². The molecule has 0 saturated heterocycles. The van der Waals surface area contributed by atoms with Gasteiger partial charge in [0.1, 0.15) is 12.6 Å². The number of carbonyl (C=O) groups is 2. The second-order valence-electron chi connectivity index (χ2n) is 9.81. The number of amides is 2. The van der Waals surface area contributed by atoms with Crippen LogP contribution in [-0.2, 0) is 32.6 Å². The molecule has 1 N–H and O–H groups in total. The third-order valence-corrected chi connectivity index (χ3v) is 8.08. The molecule has 0 saturated carbocycles. The van der Waals surface area contributed by atoms with E-state index >= 15 is 0 Å². The Morgan fingerprint density at radius 3 is 2.37 bits per heavy atom. The lowest BCUT2D eigenvalue weighted by Gasteiger charge is -2.33. The third kappa shape index (κ3) is 8.14. The van der Waals surface area contributed by atoms with Crippen molar-refractivity contribution < 1.29 is 27.5 Å². The van der Waals surface area contributed by atoms with Crippen LogP contribution in [0.5, 0.6) is 11.5 Å². The summed E-state index contributed by atoms with van der Waals surface area (Å²) in [4.78, 5) is 29.2. The van der Waals surface area contributed by atoms with E-state index in [9.17, 15) is 18.0 Å². The lowest BCUT2D eigenvalue weighted by Crippen LogP contribution is -2.53. The number of anilines is 1. The molecule has 1 aliphatic heterocycles. The van der Waals surface area contributed by atoms with Crippen LogP contribution in [0, 0.1) is 0 Å². The van der Waals surface area contributed by atoms with Gasteiger partial charge in [0.2, 0.25) is 28.6 Å². The Hall–Kier alpha value is -3.76. The van der Waals surface area contributed by atoms with Gasteiger partial charge in [-0.05, 0) is 41.8 Å². The summed E-state index contributed by atoms with van der Waals surface area (Å²) in [5.74, 6) is 0.0386. The zero-order chi connectivity index (χ0) is 29.4. The molecule has 0 aromatic heterocycles. The van der Waals surface area contributed by atoms with Crippen molar-refractivity contribution >= 4 is 39.1 Å². The number of nitrogens with zero attached hydrogens (tertiary/aromatic N) is 2. The Bertz CT molecular complexity index is 1450. The van der Waals surface area contributed by atoms with E-state index in [0.717, 1.165) is 34.5 Å². The highest BCUT2D eigenvalue weighted by Crippen LogP contribution is 2.36. The molecule has 9 nitrogen and oxygen atoms in total. The minimum atomic E-state index is -3.89. The van der Waals surface area contributed by atoms with Gasteiger partial charge in [-0.1, -0.05) is 67.4 Å². The Morgan fingerprint density at radius 1 is 0.976 bits per heavy atom. The van der Waals surface area contributed by atoms with Crippen molar-refractivity contribution in [3.8, 4) is 11.5 Å². The zero-order valence-corrected chi connectivity index (χ0v) is 24.7. The molecule has 0 aliphatic carbocycles. The lowest BCUT2D eigenvalue weighted by atomic mass is 10.0. The van der Waals surface area contributed by atoms with Gasteiger partial charge >= 0.3 is 0 Å². The van der Waals surface area contributed by atoms with Crippen LogP contribution in [0.3, 0.4) is 0 Å². The Morgan fingerprint density at radius 2 is 1.68 bits per heavy atom. The summed E-state index contributed by atoms with van der Waals surface area (Å²) in [5, 5.41) is 3.50. The maximum atomic E-state index is 14.1. The van der Waals surface area contributed by atoms with Gasteiger partial charge < -0.3 is 19.7 Å². The first kappa shape index (κ1) is 30.2. The third-order valence-electron chi connectivity index (χ3n) is 6.69. The van der Waals surface area contributed by atoms with Crippen LogP contribution in [0.2, 0.25) is 5.02 Å². The largest absolute Gasteiger partial charge is 0.454 e. The summed E-state index contributed by atoms with van der Waals surface area (Å²) in [6.07, 6.45) is 2.98. The molecule has 41 heavy (non-hydrogen) atoms. The van der Waals surface area contributed by atoms with E-state index in [2.05, 4.69) is 5.32 Å². The van der Waals surface area contributed by atoms with Gasteiger partial charge in [0.05, 0.1) is 11.9 Å². The van der Waals surface area contributed by atoms with Crippen molar-refractivity contribution in [3.05, 3.63) is 88.9 Å². The first-order valence-corrected chi connectivity index (χ1v) is 15.6. The monoisotopic (exact) mass is 599 g/mol. The number of nitrogens with one attached hydrogen (secondary N) is 1. The van der Waals surface area contributed by atoms with E-state index in [0.29, 0.717) is 23.1 Å². The normalized spacial score (nSPS) is 13.0. The minimum absolute atomic E-state index is 0.0276. The number of ether oxygens (including phenoxy) is 2. The summed E-state index contributed by atoms with van der Waals surface area (Å²) in [7, 11) is -3.89. The van der Waals surface area contributed by atoms with Crippen molar-refractivity contribution in [3.63, 3.8) is 0 Å². The molecule has 1 aliphatic rings. The quantitative estimate of drug-likeness (QED) is 0.292. The van der Waals surface area contributed by atoms with Crippen LogP contribution < -0.4 is 19.1 Å².